The number of H-pyrrole nitrogens is 1. The van der Waals surface area contributed by atoms with Gasteiger partial charge in [-0.2, -0.15) is 0 Å². The number of nitrogens with zero attached hydrogens (tertiary/aromatic N) is 1. The van der Waals surface area contributed by atoms with E-state index in [-0.39, 0.29) is 5.88 Å². The molecule has 0 bridgehead atoms. The molecule has 5 nitrogen and oxygen atoms in total. The van der Waals surface area contributed by atoms with Crippen LogP contribution in [0.25, 0.3) is 0 Å². The van der Waals surface area contributed by atoms with E-state index in [0.29, 0.717) is 0 Å². The summed E-state index contributed by atoms with van der Waals surface area (Å²) in [6.07, 6.45) is 1.51. The van der Waals surface area contributed by atoms with E-state index in [1.165, 1.54) is 12.3 Å². The van der Waals surface area contributed by atoms with Crippen LogP contribution in [-0.4, -0.2) is 27.6 Å². The summed E-state index contributed by atoms with van der Waals surface area (Å²) in [5.74, 6) is 0.157. The number of aromatic nitrogens is 2. The zero-order valence-corrected chi connectivity index (χ0v) is 4.48. The van der Waals surface area contributed by atoms with E-state index in [0.717, 1.165) is 0 Å². The van der Waals surface area contributed by atoms with E-state index >= 15 is 0 Å². The Bertz CT molecular complexity index is 164. The highest BCUT2D eigenvalue weighted by molar-refractivity contribution is 6.33. The predicted molar refractivity (Wildman–Crippen MR) is 29.4 cm³/mol. The van der Waals surface area contributed by atoms with Crippen molar-refractivity contribution in [2.45, 2.75) is 0 Å². The Morgan fingerprint density at radius 1 is 1.67 bits per heavy atom. The van der Waals surface area contributed by atoms with Crippen LogP contribution in [0.5, 0.6) is 5.88 Å². The first-order valence-electron chi connectivity index (χ1n) is 2.31. The van der Waals surface area contributed by atoms with Crippen molar-refractivity contribution in [3.63, 3.8) is 0 Å². The zero-order chi connectivity index (χ0) is 6.69. The Kier molecular flexibility index (Phi) is 1.71. The molecule has 3 N–H and O–H groups in total. The fourth-order valence-corrected chi connectivity index (χ4v) is 0.420. The average molecular weight is 128 g/mol. The lowest BCUT2D eigenvalue weighted by molar-refractivity contribution is 0.283. The summed E-state index contributed by atoms with van der Waals surface area (Å²) in [4.78, 5) is 0. The average Bonchev–Trinajstić information content (AvgIpc) is 2.15. The van der Waals surface area contributed by atoms with Crippen molar-refractivity contribution in [3.05, 3.63) is 12.3 Å². The monoisotopic (exact) mass is 128 g/mol. The van der Waals surface area contributed by atoms with Crippen LogP contribution in [0, 0.1) is 0 Å². The van der Waals surface area contributed by atoms with Crippen molar-refractivity contribution in [1.29, 1.82) is 0 Å². The minimum absolute atomic E-state index is 0.157. The largest absolute Gasteiger partial charge is 0.708 e. The normalized spacial score (nSPS) is 9.11. The first kappa shape index (κ1) is 6.12. The third-order valence-corrected chi connectivity index (χ3v) is 0.701. The minimum Gasteiger partial charge on any atom is -0.497 e. The standard InChI is InChI=1S/C3H5BN2O3/c7-4(8)9-3-1-2-5-6-3/h1-2,7-8H,(H,5,6). The number of aromatic amines is 1. The molecular weight excluding hydrogens is 123 g/mol. The number of nitrogens with one attached hydrogen (secondary N) is 1. The molecule has 48 valence electrons. The molecule has 1 aromatic heterocycles. The molecule has 6 heteroatoms. The van der Waals surface area contributed by atoms with Gasteiger partial charge in [0.2, 0.25) is 5.88 Å². The molecule has 0 fully saturated rings. The summed E-state index contributed by atoms with van der Waals surface area (Å²) in [5, 5.41) is 22.3. The van der Waals surface area contributed by atoms with Gasteiger partial charge in [-0.1, -0.05) is 0 Å². The van der Waals surface area contributed by atoms with Crippen LogP contribution in [0.1, 0.15) is 0 Å². The van der Waals surface area contributed by atoms with Gasteiger partial charge in [-0.25, -0.2) is 0 Å². The number of rotatable bonds is 2. The summed E-state index contributed by atoms with van der Waals surface area (Å²) in [6, 6.07) is 1.47. The quantitative estimate of drug-likeness (QED) is 0.435. The second kappa shape index (κ2) is 2.52. The van der Waals surface area contributed by atoms with Crippen molar-refractivity contribution in [1.82, 2.24) is 10.2 Å². The molecule has 0 unspecified atom stereocenters. The fraction of sp³-hybridized carbons (Fsp3) is 0. The number of hydrogen-bond donors (Lipinski definition) is 3. The Morgan fingerprint density at radius 2 is 2.44 bits per heavy atom. The molecule has 0 saturated carbocycles. The van der Waals surface area contributed by atoms with Crippen molar-refractivity contribution >= 4 is 7.32 Å². The van der Waals surface area contributed by atoms with Crippen molar-refractivity contribution < 1.29 is 14.7 Å². The highest BCUT2D eigenvalue weighted by Crippen LogP contribution is 2.00. The molecule has 0 radical (unpaired) electrons. The maximum atomic E-state index is 8.20. The first-order valence-corrected chi connectivity index (χ1v) is 2.31. The van der Waals surface area contributed by atoms with Crippen LogP contribution in [0.4, 0.5) is 0 Å². The predicted octanol–water partition coefficient (Wildman–Crippen LogP) is -1.24. The van der Waals surface area contributed by atoms with E-state index < -0.39 is 7.32 Å². The van der Waals surface area contributed by atoms with Gasteiger partial charge in [0.15, 0.2) is 0 Å². The zero-order valence-electron chi connectivity index (χ0n) is 4.48. The maximum absolute atomic E-state index is 8.20. The van der Waals surface area contributed by atoms with Gasteiger partial charge in [0.1, 0.15) is 0 Å². The smallest absolute Gasteiger partial charge is 0.497 e. The Hall–Kier alpha value is -1.01. The Labute approximate surface area is 51.5 Å². The van der Waals surface area contributed by atoms with Crippen molar-refractivity contribution in [2.24, 2.45) is 0 Å². The molecule has 9 heavy (non-hydrogen) atoms. The Balaban J connectivity index is 2.48. The van der Waals surface area contributed by atoms with Gasteiger partial charge in [-0.3, -0.25) is 5.10 Å². The highest BCUT2D eigenvalue weighted by atomic mass is 16.6. The maximum Gasteiger partial charge on any atom is 0.708 e. The highest BCUT2D eigenvalue weighted by Gasteiger charge is 2.11. The van der Waals surface area contributed by atoms with Gasteiger partial charge in [-0.05, 0) is 0 Å². The van der Waals surface area contributed by atoms with E-state index in [9.17, 15) is 0 Å². The van der Waals surface area contributed by atoms with Crippen LogP contribution in [0.2, 0.25) is 0 Å². The van der Waals surface area contributed by atoms with Crippen LogP contribution >= 0.6 is 0 Å². The summed E-state index contributed by atoms with van der Waals surface area (Å²) in [7, 11) is -1.80. The summed E-state index contributed by atoms with van der Waals surface area (Å²) >= 11 is 0. The molecule has 0 aromatic carbocycles. The van der Waals surface area contributed by atoms with Gasteiger partial charge in [-0.15, -0.1) is 5.10 Å². The molecule has 1 rings (SSSR count). The van der Waals surface area contributed by atoms with E-state index in [1.807, 2.05) is 0 Å². The lowest BCUT2D eigenvalue weighted by Gasteiger charge is -1.95. The molecule has 0 amide bonds. The second-order valence-corrected chi connectivity index (χ2v) is 1.36. The molecule has 1 aromatic rings. The van der Waals surface area contributed by atoms with Gasteiger partial charge in [0.25, 0.3) is 0 Å². The first-order chi connectivity index (χ1) is 4.29. The lowest BCUT2D eigenvalue weighted by Crippen LogP contribution is -2.20. The lowest BCUT2D eigenvalue weighted by atomic mass is 10.3. The molecule has 0 spiro atoms. The van der Waals surface area contributed by atoms with Gasteiger partial charge in [0, 0.05) is 12.3 Å². The fourth-order valence-electron chi connectivity index (χ4n) is 0.420. The van der Waals surface area contributed by atoms with E-state index in [4.69, 9.17) is 10.0 Å². The topological polar surface area (TPSA) is 78.4 Å². The molecule has 0 saturated heterocycles. The van der Waals surface area contributed by atoms with Crippen LogP contribution in [0.3, 0.4) is 0 Å². The van der Waals surface area contributed by atoms with Crippen molar-refractivity contribution in [2.75, 3.05) is 0 Å². The second-order valence-electron chi connectivity index (χ2n) is 1.36. The molecular formula is C3H5BN2O3. The SMILES string of the molecule is OB(O)Oc1cc[nH]n1. The summed E-state index contributed by atoms with van der Waals surface area (Å²) in [6.45, 7) is 0. The number of hydrogen-bond acceptors (Lipinski definition) is 4. The van der Waals surface area contributed by atoms with Crippen LogP contribution < -0.4 is 4.65 Å². The molecule has 1 heterocycles. The third-order valence-electron chi connectivity index (χ3n) is 0.701. The molecule has 0 aliphatic rings. The third kappa shape index (κ3) is 1.75. The molecule has 0 aliphatic carbocycles. The van der Waals surface area contributed by atoms with E-state index in [2.05, 4.69) is 14.9 Å². The minimum atomic E-state index is -1.80. The van der Waals surface area contributed by atoms with Crippen LogP contribution in [0.15, 0.2) is 12.3 Å². The van der Waals surface area contributed by atoms with Gasteiger partial charge in [0.05, 0.1) is 0 Å². The Morgan fingerprint density at radius 3 is 2.89 bits per heavy atom. The summed E-state index contributed by atoms with van der Waals surface area (Å²) < 4.78 is 4.32. The van der Waals surface area contributed by atoms with Gasteiger partial charge >= 0.3 is 7.32 Å². The summed E-state index contributed by atoms with van der Waals surface area (Å²) in [5.41, 5.74) is 0. The van der Waals surface area contributed by atoms with E-state index in [1.54, 1.807) is 0 Å². The molecule has 0 aliphatic heterocycles. The molecule has 0 atom stereocenters. The van der Waals surface area contributed by atoms with Crippen molar-refractivity contribution in [3.8, 4) is 5.88 Å². The van der Waals surface area contributed by atoms with Crippen LogP contribution in [-0.2, 0) is 0 Å². The van der Waals surface area contributed by atoms with Gasteiger partial charge < -0.3 is 14.7 Å².